The highest BCUT2D eigenvalue weighted by atomic mass is 32.2. The van der Waals surface area contributed by atoms with Gasteiger partial charge in [0.1, 0.15) is 5.69 Å². The van der Waals surface area contributed by atoms with Crippen LogP contribution in [0.3, 0.4) is 0 Å². The Hall–Kier alpha value is -1.81. The van der Waals surface area contributed by atoms with Crippen LogP contribution >= 0.6 is 11.3 Å². The fourth-order valence-electron chi connectivity index (χ4n) is 3.52. The van der Waals surface area contributed by atoms with Gasteiger partial charge in [0.25, 0.3) is 5.91 Å². The molecular weight excluding hydrogens is 384 g/mol. The molecule has 27 heavy (non-hydrogen) atoms. The van der Waals surface area contributed by atoms with Gasteiger partial charge in [-0.25, -0.2) is 13.4 Å². The number of thiazole rings is 1. The van der Waals surface area contributed by atoms with Gasteiger partial charge in [-0.2, -0.15) is 4.31 Å². The number of likely N-dealkylation sites (N-methyl/N-ethyl adjacent to an activating group) is 1. The maximum absolute atomic E-state index is 13.0. The molecule has 7 nitrogen and oxygen atoms in total. The van der Waals surface area contributed by atoms with Gasteiger partial charge in [-0.1, -0.05) is 6.07 Å². The summed E-state index contributed by atoms with van der Waals surface area (Å²) in [6.07, 6.45) is 0.722. The van der Waals surface area contributed by atoms with E-state index in [4.69, 9.17) is 0 Å². The summed E-state index contributed by atoms with van der Waals surface area (Å²) in [5, 5.41) is 1.74. The molecule has 0 N–H and O–H groups in total. The second-order valence-corrected chi connectivity index (χ2v) is 9.64. The molecule has 4 rings (SSSR count). The second kappa shape index (κ2) is 7.31. The normalized spacial score (nSPS) is 19.1. The zero-order valence-corrected chi connectivity index (χ0v) is 16.8. The summed E-state index contributed by atoms with van der Waals surface area (Å²) in [5.41, 5.74) is 4.10. The van der Waals surface area contributed by atoms with Gasteiger partial charge in [0.2, 0.25) is 10.0 Å². The lowest BCUT2D eigenvalue weighted by molar-refractivity contribution is 0.0729. The maximum atomic E-state index is 13.0. The lowest BCUT2D eigenvalue weighted by Crippen LogP contribution is -2.47. The van der Waals surface area contributed by atoms with E-state index < -0.39 is 10.0 Å². The van der Waals surface area contributed by atoms with E-state index in [-0.39, 0.29) is 5.91 Å². The zero-order valence-electron chi connectivity index (χ0n) is 15.2. The molecule has 2 aliphatic heterocycles. The standard InChI is InChI=1S/C18H22N4O3S2/c1-20-6-8-22(9-7-20)27(24,25)16-3-2-14-4-5-21(11-15(14)10-16)18(23)17-12-26-13-19-17/h2-3,10,12-13H,4-9,11H2,1H3. The van der Waals surface area contributed by atoms with Crippen LogP contribution in [0.2, 0.25) is 0 Å². The molecule has 3 heterocycles. The molecule has 1 amide bonds. The molecule has 1 fully saturated rings. The van der Waals surface area contributed by atoms with Crippen LogP contribution in [0.1, 0.15) is 21.6 Å². The summed E-state index contributed by atoms with van der Waals surface area (Å²) < 4.78 is 27.6. The number of piperazine rings is 1. The summed E-state index contributed by atoms with van der Waals surface area (Å²) in [4.78, 5) is 20.8. The fourth-order valence-corrected chi connectivity index (χ4v) is 5.52. The molecule has 0 radical (unpaired) electrons. The van der Waals surface area contributed by atoms with Crippen LogP contribution in [-0.4, -0.2) is 73.2 Å². The minimum atomic E-state index is -3.51. The predicted molar refractivity (Wildman–Crippen MR) is 103 cm³/mol. The van der Waals surface area contributed by atoms with Crippen LogP contribution in [-0.2, 0) is 23.0 Å². The Labute approximate surface area is 163 Å². The highest BCUT2D eigenvalue weighted by Crippen LogP contribution is 2.26. The summed E-state index contributed by atoms with van der Waals surface area (Å²) >= 11 is 1.39. The van der Waals surface area contributed by atoms with E-state index in [1.54, 1.807) is 32.2 Å². The van der Waals surface area contributed by atoms with E-state index >= 15 is 0 Å². The van der Waals surface area contributed by atoms with E-state index in [0.29, 0.717) is 36.8 Å². The van der Waals surface area contributed by atoms with Crippen molar-refractivity contribution in [3.8, 4) is 0 Å². The fraction of sp³-hybridized carbons (Fsp3) is 0.444. The number of carbonyl (C=O) groups excluding carboxylic acids is 1. The molecular formula is C18H22N4O3S2. The van der Waals surface area contributed by atoms with Gasteiger partial charge in [-0.3, -0.25) is 4.79 Å². The quantitative estimate of drug-likeness (QED) is 0.768. The topological polar surface area (TPSA) is 73.8 Å². The summed E-state index contributed by atoms with van der Waals surface area (Å²) in [6.45, 7) is 3.51. The van der Waals surface area contributed by atoms with Crippen molar-refractivity contribution in [2.24, 2.45) is 0 Å². The molecule has 1 aromatic heterocycles. The molecule has 1 saturated heterocycles. The Balaban J connectivity index is 1.56. The highest BCUT2D eigenvalue weighted by Gasteiger charge is 2.29. The number of nitrogens with zero attached hydrogens (tertiary/aromatic N) is 4. The van der Waals surface area contributed by atoms with Gasteiger partial charge in [0.05, 0.1) is 10.4 Å². The second-order valence-electron chi connectivity index (χ2n) is 6.99. The van der Waals surface area contributed by atoms with E-state index in [9.17, 15) is 13.2 Å². The van der Waals surface area contributed by atoms with Crippen molar-refractivity contribution in [3.05, 3.63) is 45.9 Å². The van der Waals surface area contributed by atoms with Crippen molar-refractivity contribution >= 4 is 27.3 Å². The van der Waals surface area contributed by atoms with Crippen LogP contribution in [0.4, 0.5) is 0 Å². The van der Waals surface area contributed by atoms with Gasteiger partial charge in [-0.05, 0) is 36.7 Å². The van der Waals surface area contributed by atoms with E-state index in [1.165, 1.54) is 11.3 Å². The van der Waals surface area contributed by atoms with Crippen LogP contribution in [0.5, 0.6) is 0 Å². The van der Waals surface area contributed by atoms with E-state index in [0.717, 1.165) is 30.6 Å². The van der Waals surface area contributed by atoms with Crippen molar-refractivity contribution in [3.63, 3.8) is 0 Å². The smallest absolute Gasteiger partial charge is 0.273 e. The Morgan fingerprint density at radius 2 is 1.89 bits per heavy atom. The molecule has 0 bridgehead atoms. The number of benzene rings is 1. The Kier molecular flexibility index (Phi) is 5.02. The minimum Gasteiger partial charge on any atom is -0.333 e. The third-order valence-corrected chi connectivity index (χ3v) is 7.71. The van der Waals surface area contributed by atoms with E-state index in [1.807, 2.05) is 13.1 Å². The molecule has 0 saturated carbocycles. The number of hydrogen-bond acceptors (Lipinski definition) is 6. The van der Waals surface area contributed by atoms with Crippen LogP contribution in [0, 0.1) is 0 Å². The first kappa shape index (κ1) is 18.5. The molecule has 0 atom stereocenters. The maximum Gasteiger partial charge on any atom is 0.273 e. The van der Waals surface area contributed by atoms with Crippen molar-refractivity contribution < 1.29 is 13.2 Å². The van der Waals surface area contributed by atoms with Crippen molar-refractivity contribution in [1.29, 1.82) is 0 Å². The van der Waals surface area contributed by atoms with Gasteiger partial charge in [0, 0.05) is 44.6 Å². The predicted octanol–water partition coefficient (Wildman–Crippen LogP) is 1.28. The zero-order chi connectivity index (χ0) is 19.0. The van der Waals surface area contributed by atoms with Crippen LogP contribution in [0.25, 0.3) is 0 Å². The molecule has 0 spiro atoms. The van der Waals surface area contributed by atoms with Crippen molar-refractivity contribution in [2.45, 2.75) is 17.9 Å². The SMILES string of the molecule is CN1CCN(S(=O)(=O)c2ccc3c(c2)CN(C(=O)c2cscn2)CC3)CC1. The van der Waals surface area contributed by atoms with E-state index in [2.05, 4.69) is 9.88 Å². The number of sulfonamides is 1. The molecule has 9 heteroatoms. The van der Waals surface area contributed by atoms with Crippen LogP contribution < -0.4 is 0 Å². The summed E-state index contributed by atoms with van der Waals surface area (Å²) in [5.74, 6) is -0.103. The lowest BCUT2D eigenvalue weighted by atomic mass is 10.00. The van der Waals surface area contributed by atoms with Gasteiger partial charge < -0.3 is 9.80 Å². The molecule has 144 valence electrons. The first-order valence-corrected chi connectivity index (χ1v) is 11.3. The number of amides is 1. The number of hydrogen-bond donors (Lipinski definition) is 0. The lowest BCUT2D eigenvalue weighted by Gasteiger charge is -2.32. The monoisotopic (exact) mass is 406 g/mol. The molecule has 1 aromatic carbocycles. The molecule has 0 aliphatic carbocycles. The number of carbonyl (C=O) groups is 1. The highest BCUT2D eigenvalue weighted by molar-refractivity contribution is 7.89. The minimum absolute atomic E-state index is 0.103. The third-order valence-electron chi connectivity index (χ3n) is 5.23. The Morgan fingerprint density at radius 3 is 2.59 bits per heavy atom. The first-order valence-electron chi connectivity index (χ1n) is 8.93. The van der Waals surface area contributed by atoms with Crippen molar-refractivity contribution in [2.75, 3.05) is 39.8 Å². The Bertz CT molecular complexity index is 936. The average Bonchev–Trinajstić information content (AvgIpc) is 3.21. The summed E-state index contributed by atoms with van der Waals surface area (Å²) in [6, 6.07) is 5.33. The summed E-state index contributed by atoms with van der Waals surface area (Å²) in [7, 11) is -1.51. The molecule has 0 unspecified atom stereocenters. The first-order chi connectivity index (χ1) is 12.9. The number of fused-ring (bicyclic) bond motifs is 1. The Morgan fingerprint density at radius 1 is 1.11 bits per heavy atom. The molecule has 2 aliphatic rings. The molecule has 2 aromatic rings. The van der Waals surface area contributed by atoms with Crippen molar-refractivity contribution in [1.82, 2.24) is 19.1 Å². The van der Waals surface area contributed by atoms with Gasteiger partial charge in [0.15, 0.2) is 0 Å². The van der Waals surface area contributed by atoms with Gasteiger partial charge >= 0.3 is 0 Å². The average molecular weight is 407 g/mol. The van der Waals surface area contributed by atoms with Crippen LogP contribution in [0.15, 0.2) is 34.0 Å². The number of aromatic nitrogens is 1. The van der Waals surface area contributed by atoms with Gasteiger partial charge in [-0.15, -0.1) is 11.3 Å². The number of rotatable bonds is 3. The third kappa shape index (κ3) is 3.64. The largest absolute Gasteiger partial charge is 0.333 e.